The van der Waals surface area contributed by atoms with E-state index in [4.69, 9.17) is 9.47 Å². The zero-order valence-corrected chi connectivity index (χ0v) is 18.2. The second-order valence-corrected chi connectivity index (χ2v) is 7.50. The van der Waals surface area contributed by atoms with Gasteiger partial charge in [0.05, 0.1) is 26.9 Å². The van der Waals surface area contributed by atoms with Crippen LogP contribution in [-0.2, 0) is 0 Å². The molecule has 0 aliphatic carbocycles. The van der Waals surface area contributed by atoms with Crippen LogP contribution in [0.2, 0.25) is 0 Å². The number of hydrogen-bond acceptors (Lipinski definition) is 5. The number of rotatable bonds is 9. The molecule has 162 valence electrons. The van der Waals surface area contributed by atoms with Crippen LogP contribution in [0.15, 0.2) is 35.3 Å². The van der Waals surface area contributed by atoms with Gasteiger partial charge in [-0.2, -0.15) is 0 Å². The Bertz CT molecular complexity index is 685. The maximum Gasteiger partial charge on any atom is 0.191 e. The van der Waals surface area contributed by atoms with Gasteiger partial charge in [-0.3, -0.25) is 9.89 Å². The van der Waals surface area contributed by atoms with Crippen LogP contribution in [0.1, 0.15) is 38.4 Å². The first-order chi connectivity index (χ1) is 14.0. The molecule has 1 saturated heterocycles. The predicted octanol–water partition coefficient (Wildman–Crippen LogP) is 2.33. The van der Waals surface area contributed by atoms with E-state index >= 15 is 0 Å². The summed E-state index contributed by atoms with van der Waals surface area (Å²) in [5.74, 6) is 1.98. The molecule has 0 spiro atoms. The Morgan fingerprint density at radius 2 is 1.97 bits per heavy atom. The molecule has 1 heterocycles. The van der Waals surface area contributed by atoms with Crippen molar-refractivity contribution in [3.05, 3.63) is 35.9 Å². The third-order valence-corrected chi connectivity index (χ3v) is 4.98. The van der Waals surface area contributed by atoms with E-state index in [1.807, 2.05) is 13.0 Å². The summed E-state index contributed by atoms with van der Waals surface area (Å²) in [6.45, 7) is 12.2. The Morgan fingerprint density at radius 3 is 2.55 bits per heavy atom. The lowest BCUT2D eigenvalue weighted by Gasteiger charge is -2.33. The van der Waals surface area contributed by atoms with Crippen LogP contribution < -0.4 is 20.1 Å². The quantitative estimate of drug-likeness (QED) is 0.333. The third kappa shape index (κ3) is 7.25. The van der Waals surface area contributed by atoms with Crippen molar-refractivity contribution >= 4 is 5.96 Å². The van der Waals surface area contributed by atoms with Gasteiger partial charge in [-0.15, -0.1) is 0 Å². The summed E-state index contributed by atoms with van der Waals surface area (Å²) in [4.78, 5) is 7.03. The van der Waals surface area contributed by atoms with E-state index in [9.17, 15) is 5.11 Å². The molecule has 29 heavy (non-hydrogen) atoms. The van der Waals surface area contributed by atoms with Gasteiger partial charge in [-0.1, -0.05) is 18.2 Å². The Labute approximate surface area is 174 Å². The number of guanidine groups is 1. The number of hydrogen-bond donors (Lipinski definition) is 3. The maximum absolute atomic E-state index is 10.6. The summed E-state index contributed by atoms with van der Waals surface area (Å²) in [5.41, 5.74) is 1.95. The summed E-state index contributed by atoms with van der Waals surface area (Å²) in [5, 5.41) is 17.4. The number of aliphatic hydroxyl groups is 1. The molecule has 1 aromatic rings. The zero-order valence-electron chi connectivity index (χ0n) is 18.2. The Hall–Kier alpha value is -2.25. The van der Waals surface area contributed by atoms with Gasteiger partial charge in [0.2, 0.25) is 0 Å². The van der Waals surface area contributed by atoms with Crippen molar-refractivity contribution in [1.82, 2.24) is 15.5 Å². The van der Waals surface area contributed by atoms with Crippen molar-refractivity contribution in [2.45, 2.75) is 38.8 Å². The summed E-state index contributed by atoms with van der Waals surface area (Å²) in [6, 6.07) is 5.80. The van der Waals surface area contributed by atoms with Crippen molar-refractivity contribution in [2.75, 3.05) is 46.9 Å². The van der Waals surface area contributed by atoms with Gasteiger partial charge in [-0.25, -0.2) is 0 Å². The maximum atomic E-state index is 10.6. The lowest BCUT2D eigenvalue weighted by atomic mass is 10.0. The largest absolute Gasteiger partial charge is 0.493 e. The summed E-state index contributed by atoms with van der Waals surface area (Å²) in [7, 11) is 3.18. The minimum Gasteiger partial charge on any atom is -0.493 e. The first kappa shape index (κ1) is 23.0. The molecule has 1 atom stereocenters. The van der Waals surface area contributed by atoms with Crippen molar-refractivity contribution in [3.63, 3.8) is 0 Å². The third-order valence-electron chi connectivity index (χ3n) is 4.98. The highest BCUT2D eigenvalue weighted by Gasteiger charge is 2.20. The van der Waals surface area contributed by atoms with Gasteiger partial charge in [0.1, 0.15) is 0 Å². The van der Waals surface area contributed by atoms with E-state index < -0.39 is 6.10 Å². The lowest BCUT2D eigenvalue weighted by Crippen LogP contribution is -2.49. The van der Waals surface area contributed by atoms with E-state index in [-0.39, 0.29) is 6.54 Å². The highest BCUT2D eigenvalue weighted by atomic mass is 16.5. The minimum atomic E-state index is -0.720. The molecule has 0 amide bonds. The van der Waals surface area contributed by atoms with Gasteiger partial charge in [0.25, 0.3) is 0 Å². The van der Waals surface area contributed by atoms with Crippen LogP contribution in [0.25, 0.3) is 0 Å². The van der Waals surface area contributed by atoms with E-state index in [1.165, 1.54) is 5.57 Å². The van der Waals surface area contributed by atoms with Gasteiger partial charge >= 0.3 is 0 Å². The van der Waals surface area contributed by atoms with Crippen LogP contribution in [-0.4, -0.2) is 69.0 Å². The van der Waals surface area contributed by atoms with E-state index in [0.717, 1.165) is 50.5 Å². The van der Waals surface area contributed by atoms with Crippen molar-refractivity contribution in [1.29, 1.82) is 0 Å². The van der Waals surface area contributed by atoms with E-state index in [2.05, 4.69) is 34.0 Å². The van der Waals surface area contributed by atoms with Crippen LogP contribution in [0.4, 0.5) is 0 Å². The molecule has 1 aliphatic rings. The molecule has 7 heteroatoms. The topological polar surface area (TPSA) is 78.4 Å². The number of likely N-dealkylation sites (tertiary alicyclic amines) is 1. The molecule has 0 saturated carbocycles. The number of methoxy groups -OCH3 is 2. The van der Waals surface area contributed by atoms with Crippen LogP contribution in [0.3, 0.4) is 0 Å². The van der Waals surface area contributed by atoms with Crippen molar-refractivity contribution < 1.29 is 14.6 Å². The Balaban J connectivity index is 1.94. The fraction of sp³-hybridized carbons (Fsp3) is 0.591. The highest BCUT2D eigenvalue weighted by Crippen LogP contribution is 2.30. The molecule has 0 bridgehead atoms. The molecule has 1 unspecified atom stereocenters. The van der Waals surface area contributed by atoms with Gasteiger partial charge in [0.15, 0.2) is 17.5 Å². The number of ether oxygens (including phenoxy) is 2. The lowest BCUT2D eigenvalue weighted by molar-refractivity contribution is 0.186. The average Bonchev–Trinajstić information content (AvgIpc) is 2.72. The molecule has 1 fully saturated rings. The smallest absolute Gasteiger partial charge is 0.191 e. The summed E-state index contributed by atoms with van der Waals surface area (Å²) >= 11 is 0. The average molecular weight is 405 g/mol. The first-order valence-electron chi connectivity index (χ1n) is 10.3. The van der Waals surface area contributed by atoms with Crippen LogP contribution in [0.5, 0.6) is 11.5 Å². The SMILES string of the molecule is C=C(C)CN1CCC(NC(=NCC(O)c2ccc(OC)c(OC)c2)NCC)CC1. The molecule has 0 radical (unpaired) electrons. The normalized spacial score (nSPS) is 16.9. The molecule has 2 rings (SSSR count). The van der Waals surface area contributed by atoms with E-state index in [1.54, 1.807) is 26.4 Å². The first-order valence-corrected chi connectivity index (χ1v) is 10.3. The second kappa shape index (κ2) is 11.7. The molecule has 0 aromatic heterocycles. The number of nitrogens with one attached hydrogen (secondary N) is 2. The molecule has 7 nitrogen and oxygen atoms in total. The summed E-state index contributed by atoms with van der Waals surface area (Å²) in [6.07, 6.45) is 1.41. The summed E-state index contributed by atoms with van der Waals surface area (Å²) < 4.78 is 10.6. The molecular weight excluding hydrogens is 368 g/mol. The van der Waals surface area contributed by atoms with E-state index in [0.29, 0.717) is 17.5 Å². The Kier molecular flexibility index (Phi) is 9.28. The standard InChI is InChI=1S/C22H36N4O3/c1-6-23-22(25-18-9-11-26(12-10-18)15-16(2)3)24-14-19(27)17-7-8-20(28-4)21(13-17)29-5/h7-8,13,18-19,27H,2,6,9-12,14-15H2,1,3-5H3,(H2,23,24,25). The zero-order chi connectivity index (χ0) is 21.2. The Morgan fingerprint density at radius 1 is 1.28 bits per heavy atom. The second-order valence-electron chi connectivity index (χ2n) is 7.50. The molecule has 1 aliphatic heterocycles. The van der Waals surface area contributed by atoms with Gasteiger partial charge in [0, 0.05) is 32.2 Å². The van der Waals surface area contributed by atoms with Crippen LogP contribution in [0, 0.1) is 0 Å². The van der Waals surface area contributed by atoms with Crippen LogP contribution >= 0.6 is 0 Å². The van der Waals surface area contributed by atoms with Crippen molar-refractivity contribution in [3.8, 4) is 11.5 Å². The monoisotopic (exact) mass is 404 g/mol. The van der Waals surface area contributed by atoms with Gasteiger partial charge in [-0.05, 0) is 44.4 Å². The minimum absolute atomic E-state index is 0.263. The molecular formula is C22H36N4O3. The predicted molar refractivity (Wildman–Crippen MR) is 118 cm³/mol. The molecule has 1 aromatic carbocycles. The fourth-order valence-electron chi connectivity index (χ4n) is 3.47. The number of nitrogens with zero attached hydrogens (tertiary/aromatic N) is 2. The van der Waals surface area contributed by atoms with Crippen molar-refractivity contribution in [2.24, 2.45) is 4.99 Å². The van der Waals surface area contributed by atoms with Gasteiger partial charge < -0.3 is 25.2 Å². The highest BCUT2D eigenvalue weighted by molar-refractivity contribution is 5.80. The number of benzene rings is 1. The number of aliphatic hydroxyl groups excluding tert-OH is 1. The number of piperidine rings is 1. The number of aliphatic imine (C=N–C) groups is 1. The molecule has 3 N–H and O–H groups in total. The fourth-order valence-corrected chi connectivity index (χ4v) is 3.47.